The molecule has 0 aromatic carbocycles. The fourth-order valence-electron chi connectivity index (χ4n) is 2.54. The Bertz CT molecular complexity index is 734. The Balaban J connectivity index is 4.55. The van der Waals surface area contributed by atoms with Crippen molar-refractivity contribution < 1.29 is 43.8 Å². The maximum atomic E-state index is 12.7. The molecule has 0 saturated heterocycles. The largest absolute Gasteiger partial charge is 0.349 e. The van der Waals surface area contributed by atoms with Crippen molar-refractivity contribution in [2.24, 2.45) is 0 Å². The van der Waals surface area contributed by atoms with Crippen LogP contribution in [0.5, 0.6) is 0 Å². The van der Waals surface area contributed by atoms with E-state index in [0.29, 0.717) is 44.4 Å². The molecule has 14 heteroatoms. The SMILES string of the molecule is CCC(C)(OCS(=O)(=O)OC)[PH](=O)CCCCC[PH](=O)C(C)(CC)OCS(=O)(=O)OC. The van der Waals surface area contributed by atoms with Crippen LogP contribution in [-0.2, 0) is 47.2 Å². The van der Waals surface area contributed by atoms with E-state index in [1.807, 2.05) is 0 Å². The first kappa shape index (κ1) is 31.2. The molecule has 4 unspecified atom stereocenters. The lowest BCUT2D eigenvalue weighted by molar-refractivity contribution is 0.0556. The zero-order chi connectivity index (χ0) is 24.3. The Morgan fingerprint density at radius 2 is 1.00 bits per heavy atom. The molecule has 4 atom stereocenters. The first-order valence-electron chi connectivity index (χ1n) is 10.1. The van der Waals surface area contributed by atoms with Crippen molar-refractivity contribution in [2.45, 2.75) is 70.5 Å². The lowest BCUT2D eigenvalue weighted by Gasteiger charge is -2.28. The van der Waals surface area contributed by atoms with E-state index in [2.05, 4.69) is 8.37 Å². The number of hydrogen-bond donors (Lipinski definition) is 0. The third-order valence-corrected chi connectivity index (χ3v) is 12.2. The van der Waals surface area contributed by atoms with Crippen molar-refractivity contribution in [1.82, 2.24) is 0 Å². The summed E-state index contributed by atoms with van der Waals surface area (Å²) in [6, 6.07) is 0. The first-order chi connectivity index (χ1) is 14.2. The zero-order valence-electron chi connectivity index (χ0n) is 19.3. The number of ether oxygens (including phenoxy) is 2. The van der Waals surface area contributed by atoms with Crippen LogP contribution in [0.15, 0.2) is 0 Å². The summed E-state index contributed by atoms with van der Waals surface area (Å²) in [7, 11) is -9.99. The van der Waals surface area contributed by atoms with Gasteiger partial charge in [-0.2, -0.15) is 16.8 Å². The van der Waals surface area contributed by atoms with E-state index in [1.165, 1.54) is 0 Å². The maximum Gasteiger partial charge on any atom is 0.291 e. The predicted octanol–water partition coefficient (Wildman–Crippen LogP) is 3.43. The fraction of sp³-hybridized carbons (Fsp3) is 1.00. The Hall–Kier alpha value is 0.200. The predicted molar refractivity (Wildman–Crippen MR) is 123 cm³/mol. The molecular weight excluding hydrogens is 490 g/mol. The average molecular weight is 529 g/mol. The second-order valence-electron chi connectivity index (χ2n) is 7.55. The van der Waals surface area contributed by atoms with Gasteiger partial charge in [0.1, 0.15) is 26.3 Å². The van der Waals surface area contributed by atoms with Crippen molar-refractivity contribution in [1.29, 1.82) is 0 Å². The van der Waals surface area contributed by atoms with E-state index in [0.717, 1.165) is 14.2 Å². The van der Waals surface area contributed by atoms with Gasteiger partial charge in [-0.3, -0.25) is 8.37 Å². The summed E-state index contributed by atoms with van der Waals surface area (Å²) in [5.74, 6) is -1.30. The monoisotopic (exact) mass is 528 g/mol. The Kier molecular flexibility index (Phi) is 13.9. The van der Waals surface area contributed by atoms with Crippen LogP contribution in [0.1, 0.15) is 59.8 Å². The number of hydrogen-bond acceptors (Lipinski definition) is 10. The van der Waals surface area contributed by atoms with Gasteiger partial charge in [0.05, 0.1) is 14.2 Å². The quantitative estimate of drug-likeness (QED) is 0.148. The van der Waals surface area contributed by atoms with Crippen molar-refractivity contribution >= 4 is 35.8 Å². The van der Waals surface area contributed by atoms with Gasteiger partial charge in [0, 0.05) is 12.3 Å². The van der Waals surface area contributed by atoms with Crippen LogP contribution in [0.25, 0.3) is 0 Å². The lowest BCUT2D eigenvalue weighted by atomic mass is 10.3. The van der Waals surface area contributed by atoms with Gasteiger partial charge < -0.3 is 18.6 Å². The molecule has 0 fully saturated rings. The molecule has 0 saturated carbocycles. The molecule has 0 bridgehead atoms. The highest BCUT2D eigenvalue weighted by Gasteiger charge is 2.33. The van der Waals surface area contributed by atoms with Gasteiger partial charge in [-0.25, -0.2) is 0 Å². The number of rotatable bonds is 18. The molecule has 0 aromatic heterocycles. The Morgan fingerprint density at radius 3 is 1.26 bits per heavy atom. The standard InChI is InChI=1S/C17H38O10P2S2/c1-7-16(3,26-14-30(20,21)24-5)28(18)12-10-9-11-13-29(19)17(4,8-2)27-15-31(22,23)25-6/h28-29H,7-15H2,1-6H3. The maximum absolute atomic E-state index is 12.7. The fourth-order valence-corrected chi connectivity index (χ4v) is 7.20. The van der Waals surface area contributed by atoms with Crippen LogP contribution >= 0.6 is 15.6 Å². The van der Waals surface area contributed by atoms with Crippen LogP contribution in [0.4, 0.5) is 0 Å². The van der Waals surface area contributed by atoms with E-state index in [-0.39, 0.29) is 0 Å². The summed E-state index contributed by atoms with van der Waals surface area (Å²) < 4.78 is 90.7. The third-order valence-electron chi connectivity index (χ3n) is 5.39. The topological polar surface area (TPSA) is 139 Å². The normalized spacial score (nSPS) is 18.8. The average Bonchev–Trinajstić information content (AvgIpc) is 2.75. The highest BCUT2D eigenvalue weighted by atomic mass is 32.2. The van der Waals surface area contributed by atoms with E-state index in [1.54, 1.807) is 27.7 Å². The molecule has 0 aliphatic heterocycles. The van der Waals surface area contributed by atoms with Gasteiger partial charge in [-0.15, -0.1) is 0 Å². The minimum absolute atomic E-state index is 0.386. The van der Waals surface area contributed by atoms with E-state index in [4.69, 9.17) is 9.47 Å². The first-order valence-corrected chi connectivity index (χ1v) is 16.5. The Labute approximate surface area is 188 Å². The third kappa shape index (κ3) is 11.3. The molecule has 0 aromatic rings. The summed E-state index contributed by atoms with van der Waals surface area (Å²) >= 11 is 0. The lowest BCUT2D eigenvalue weighted by Crippen LogP contribution is -2.28. The van der Waals surface area contributed by atoms with Crippen LogP contribution in [0, 0.1) is 0 Å². The molecule has 31 heavy (non-hydrogen) atoms. The summed E-state index contributed by atoms with van der Waals surface area (Å²) in [5, 5.41) is -2.07. The van der Waals surface area contributed by atoms with Crippen molar-refractivity contribution in [2.75, 3.05) is 38.4 Å². The van der Waals surface area contributed by atoms with Gasteiger partial charge in [-0.05, 0) is 39.5 Å². The van der Waals surface area contributed by atoms with Crippen LogP contribution in [0.3, 0.4) is 0 Å². The molecule has 0 aliphatic carbocycles. The molecule has 0 aliphatic rings. The summed E-state index contributed by atoms with van der Waals surface area (Å²) in [6.45, 7) is 6.83. The van der Waals surface area contributed by atoms with Crippen molar-refractivity contribution in [3.8, 4) is 0 Å². The highest BCUT2D eigenvalue weighted by Crippen LogP contribution is 2.45. The van der Waals surface area contributed by atoms with Gasteiger partial charge in [0.15, 0.2) is 11.9 Å². The second kappa shape index (κ2) is 13.8. The van der Waals surface area contributed by atoms with Crippen LogP contribution in [-0.4, -0.2) is 65.9 Å². The molecule has 0 amide bonds. The highest BCUT2D eigenvalue weighted by molar-refractivity contribution is 7.86. The molecule has 188 valence electrons. The minimum Gasteiger partial charge on any atom is -0.349 e. The summed E-state index contributed by atoms with van der Waals surface area (Å²) in [5.41, 5.74) is 0. The summed E-state index contributed by atoms with van der Waals surface area (Å²) in [6.07, 6.45) is 3.48. The molecule has 0 rings (SSSR count). The molecule has 0 radical (unpaired) electrons. The second-order valence-corrected chi connectivity index (χ2v) is 15.7. The van der Waals surface area contributed by atoms with Gasteiger partial charge in [0.25, 0.3) is 20.2 Å². The smallest absolute Gasteiger partial charge is 0.291 e. The molecule has 10 nitrogen and oxygen atoms in total. The zero-order valence-corrected chi connectivity index (χ0v) is 22.9. The molecule has 0 N–H and O–H groups in total. The van der Waals surface area contributed by atoms with Gasteiger partial charge >= 0.3 is 0 Å². The molecular formula is C17H38O10P2S2. The van der Waals surface area contributed by atoms with E-state index >= 15 is 0 Å². The van der Waals surface area contributed by atoms with Gasteiger partial charge in [0.2, 0.25) is 0 Å². The molecule has 0 heterocycles. The van der Waals surface area contributed by atoms with Crippen molar-refractivity contribution in [3.05, 3.63) is 0 Å². The van der Waals surface area contributed by atoms with Gasteiger partial charge in [-0.1, -0.05) is 20.3 Å². The number of unbranched alkanes of at least 4 members (excludes halogenated alkanes) is 2. The van der Waals surface area contributed by atoms with E-state index in [9.17, 15) is 26.0 Å². The van der Waals surface area contributed by atoms with Crippen LogP contribution < -0.4 is 0 Å². The van der Waals surface area contributed by atoms with E-state index < -0.39 is 58.4 Å². The van der Waals surface area contributed by atoms with Crippen LogP contribution in [0.2, 0.25) is 0 Å². The Morgan fingerprint density at radius 1 is 0.677 bits per heavy atom. The minimum atomic E-state index is -3.80. The van der Waals surface area contributed by atoms with Crippen molar-refractivity contribution in [3.63, 3.8) is 0 Å². The summed E-state index contributed by atoms with van der Waals surface area (Å²) in [4.78, 5) is 0. The molecule has 0 spiro atoms.